The van der Waals surface area contributed by atoms with Gasteiger partial charge in [0.25, 0.3) is 0 Å². The van der Waals surface area contributed by atoms with Crippen molar-refractivity contribution in [2.75, 3.05) is 0 Å². The van der Waals surface area contributed by atoms with Crippen LogP contribution < -0.4 is 5.32 Å². The van der Waals surface area contributed by atoms with Crippen LogP contribution in [0.5, 0.6) is 0 Å². The van der Waals surface area contributed by atoms with E-state index in [1.165, 1.54) is 0 Å². The number of hydrogen-bond acceptors (Lipinski definition) is 2. The van der Waals surface area contributed by atoms with Crippen molar-refractivity contribution in [2.45, 2.75) is 52.6 Å². The minimum atomic E-state index is -0.192. The van der Waals surface area contributed by atoms with E-state index in [1.54, 1.807) is 6.20 Å². The van der Waals surface area contributed by atoms with Gasteiger partial charge in [-0.3, -0.25) is 4.79 Å². The van der Waals surface area contributed by atoms with Crippen LogP contribution in [0.15, 0.2) is 12.4 Å². The summed E-state index contributed by atoms with van der Waals surface area (Å²) in [5.74, 6) is 0.932. The van der Waals surface area contributed by atoms with Crippen LogP contribution in [0.1, 0.15) is 45.5 Å². The Kier molecular flexibility index (Phi) is 4.52. The van der Waals surface area contributed by atoms with Crippen molar-refractivity contribution in [3.63, 3.8) is 0 Å². The quantitative estimate of drug-likeness (QED) is 0.830. The minimum Gasteiger partial charge on any atom is -0.352 e. The van der Waals surface area contributed by atoms with Gasteiger partial charge < -0.3 is 9.88 Å². The Morgan fingerprint density at radius 3 is 2.56 bits per heavy atom. The molecular weight excluding hydrogens is 202 g/mol. The van der Waals surface area contributed by atoms with E-state index in [0.717, 1.165) is 18.7 Å². The van der Waals surface area contributed by atoms with Gasteiger partial charge in [0.2, 0.25) is 5.91 Å². The maximum Gasteiger partial charge on any atom is 0.243 e. The molecule has 0 aliphatic rings. The molecule has 0 aromatic carbocycles. The van der Waals surface area contributed by atoms with Crippen LogP contribution in [-0.2, 0) is 4.79 Å². The number of carbonyl (C=O) groups is 1. The standard InChI is InChI=1S/C12H21N3O/c1-5-11(6-2)14-12(16)9(3)15-8-7-13-10(15)4/h7-9,11H,5-6H2,1-4H3,(H,14,16). The van der Waals surface area contributed by atoms with Gasteiger partial charge in [-0.15, -0.1) is 0 Å². The second kappa shape index (κ2) is 5.68. The first-order valence-corrected chi connectivity index (χ1v) is 5.89. The average Bonchev–Trinajstić information content (AvgIpc) is 2.70. The van der Waals surface area contributed by atoms with Crippen molar-refractivity contribution in [1.82, 2.24) is 14.9 Å². The molecule has 1 aromatic rings. The molecular formula is C12H21N3O. The highest BCUT2D eigenvalue weighted by atomic mass is 16.2. The number of nitrogens with one attached hydrogen (secondary N) is 1. The van der Waals surface area contributed by atoms with Crippen molar-refractivity contribution in [3.8, 4) is 0 Å². The lowest BCUT2D eigenvalue weighted by Gasteiger charge is -2.20. The summed E-state index contributed by atoms with van der Waals surface area (Å²) in [6.07, 6.45) is 5.50. The van der Waals surface area contributed by atoms with E-state index < -0.39 is 0 Å². The number of nitrogens with zero attached hydrogens (tertiary/aromatic N) is 2. The molecule has 1 rings (SSSR count). The van der Waals surface area contributed by atoms with Crippen molar-refractivity contribution in [3.05, 3.63) is 18.2 Å². The van der Waals surface area contributed by atoms with Gasteiger partial charge in [-0.2, -0.15) is 0 Å². The first-order chi connectivity index (χ1) is 7.60. The number of amides is 1. The molecule has 4 nitrogen and oxygen atoms in total. The van der Waals surface area contributed by atoms with Gasteiger partial charge in [0, 0.05) is 18.4 Å². The van der Waals surface area contributed by atoms with E-state index in [2.05, 4.69) is 24.1 Å². The summed E-state index contributed by atoms with van der Waals surface area (Å²) >= 11 is 0. The Labute approximate surface area is 97.1 Å². The third kappa shape index (κ3) is 2.84. The summed E-state index contributed by atoms with van der Waals surface area (Å²) < 4.78 is 1.89. The van der Waals surface area contributed by atoms with Crippen LogP contribution in [-0.4, -0.2) is 21.5 Å². The highest BCUT2D eigenvalue weighted by molar-refractivity contribution is 5.80. The van der Waals surface area contributed by atoms with Crippen LogP contribution in [0, 0.1) is 6.92 Å². The molecule has 16 heavy (non-hydrogen) atoms. The Morgan fingerprint density at radius 2 is 2.12 bits per heavy atom. The smallest absolute Gasteiger partial charge is 0.243 e. The molecule has 0 aliphatic carbocycles. The molecule has 1 atom stereocenters. The fourth-order valence-corrected chi connectivity index (χ4v) is 1.74. The van der Waals surface area contributed by atoms with E-state index in [4.69, 9.17) is 0 Å². The van der Waals surface area contributed by atoms with Crippen LogP contribution in [0.25, 0.3) is 0 Å². The van der Waals surface area contributed by atoms with Crippen LogP contribution in [0.2, 0.25) is 0 Å². The molecule has 0 saturated heterocycles. The number of aromatic nitrogens is 2. The van der Waals surface area contributed by atoms with Gasteiger partial charge in [-0.1, -0.05) is 13.8 Å². The summed E-state index contributed by atoms with van der Waals surface area (Å²) in [5.41, 5.74) is 0. The number of rotatable bonds is 5. The summed E-state index contributed by atoms with van der Waals surface area (Å²) in [6.45, 7) is 7.97. The number of hydrogen-bond donors (Lipinski definition) is 1. The average molecular weight is 223 g/mol. The Hall–Kier alpha value is -1.32. The summed E-state index contributed by atoms with van der Waals surface area (Å²) in [7, 11) is 0. The molecule has 0 saturated carbocycles. The second-order valence-electron chi connectivity index (χ2n) is 4.08. The maximum absolute atomic E-state index is 12.0. The number of imidazole rings is 1. The molecule has 0 spiro atoms. The van der Waals surface area contributed by atoms with Crippen molar-refractivity contribution >= 4 is 5.91 Å². The lowest BCUT2D eigenvalue weighted by atomic mass is 10.1. The Bertz CT molecular complexity index is 342. The van der Waals surface area contributed by atoms with E-state index in [9.17, 15) is 4.79 Å². The third-order valence-corrected chi connectivity index (χ3v) is 2.99. The first-order valence-electron chi connectivity index (χ1n) is 5.89. The molecule has 1 N–H and O–H groups in total. The van der Waals surface area contributed by atoms with Gasteiger partial charge in [0.15, 0.2) is 0 Å². The van der Waals surface area contributed by atoms with Gasteiger partial charge in [0.1, 0.15) is 11.9 Å². The molecule has 0 fully saturated rings. The highest BCUT2D eigenvalue weighted by Gasteiger charge is 2.18. The predicted octanol–water partition coefficient (Wildman–Crippen LogP) is 2.06. The molecule has 90 valence electrons. The van der Waals surface area contributed by atoms with Gasteiger partial charge >= 0.3 is 0 Å². The minimum absolute atomic E-state index is 0.0646. The maximum atomic E-state index is 12.0. The molecule has 1 aromatic heterocycles. The first kappa shape index (κ1) is 12.7. The molecule has 1 heterocycles. The lowest BCUT2D eigenvalue weighted by molar-refractivity contribution is -0.124. The number of aryl methyl sites for hydroxylation is 1. The van der Waals surface area contributed by atoms with E-state index >= 15 is 0 Å². The predicted molar refractivity (Wildman–Crippen MR) is 64.2 cm³/mol. The monoisotopic (exact) mass is 223 g/mol. The summed E-state index contributed by atoms with van der Waals surface area (Å²) in [5, 5.41) is 3.04. The van der Waals surface area contributed by atoms with Gasteiger partial charge in [0.05, 0.1) is 0 Å². The largest absolute Gasteiger partial charge is 0.352 e. The van der Waals surface area contributed by atoms with Gasteiger partial charge in [-0.25, -0.2) is 4.98 Å². The Morgan fingerprint density at radius 1 is 1.50 bits per heavy atom. The summed E-state index contributed by atoms with van der Waals surface area (Å²) in [4.78, 5) is 16.1. The van der Waals surface area contributed by atoms with Crippen LogP contribution >= 0.6 is 0 Å². The third-order valence-electron chi connectivity index (χ3n) is 2.99. The van der Waals surface area contributed by atoms with Crippen molar-refractivity contribution < 1.29 is 4.79 Å². The molecule has 0 aliphatic heterocycles. The normalized spacial score (nSPS) is 12.8. The van der Waals surface area contributed by atoms with E-state index in [1.807, 2.05) is 24.6 Å². The zero-order valence-electron chi connectivity index (χ0n) is 10.5. The van der Waals surface area contributed by atoms with Gasteiger partial charge in [-0.05, 0) is 26.7 Å². The van der Waals surface area contributed by atoms with Crippen LogP contribution in [0.3, 0.4) is 0 Å². The molecule has 4 heteroatoms. The van der Waals surface area contributed by atoms with Crippen molar-refractivity contribution in [2.24, 2.45) is 0 Å². The molecule has 1 unspecified atom stereocenters. The topological polar surface area (TPSA) is 46.9 Å². The highest BCUT2D eigenvalue weighted by Crippen LogP contribution is 2.09. The zero-order valence-corrected chi connectivity index (χ0v) is 10.5. The van der Waals surface area contributed by atoms with E-state index in [-0.39, 0.29) is 18.0 Å². The molecule has 0 radical (unpaired) electrons. The van der Waals surface area contributed by atoms with Crippen molar-refractivity contribution in [1.29, 1.82) is 0 Å². The summed E-state index contributed by atoms with van der Waals surface area (Å²) in [6, 6.07) is 0.0851. The SMILES string of the molecule is CCC(CC)NC(=O)C(C)n1ccnc1C. The number of carbonyl (C=O) groups excluding carboxylic acids is 1. The molecule has 0 bridgehead atoms. The van der Waals surface area contributed by atoms with E-state index in [0.29, 0.717) is 0 Å². The fourth-order valence-electron chi connectivity index (χ4n) is 1.74. The Balaban J connectivity index is 2.64. The fraction of sp³-hybridized carbons (Fsp3) is 0.667. The second-order valence-corrected chi connectivity index (χ2v) is 4.08. The lowest BCUT2D eigenvalue weighted by Crippen LogP contribution is -2.38. The molecule has 1 amide bonds. The van der Waals surface area contributed by atoms with Crippen LogP contribution in [0.4, 0.5) is 0 Å². The zero-order chi connectivity index (χ0) is 12.1.